The standard InChI is InChI=1S/C14H13BrF3NO5/c1-23-10-5-8(4-9(15)13(10)22)2-3-12(21)24-6-11(20)19-7-14(16,17)18/h2-5,22H,6-7H2,1H3,(H,19,20)/b3-2+. The second-order valence-corrected chi connectivity index (χ2v) is 5.24. The van der Waals surface area contributed by atoms with Gasteiger partial charge in [0.15, 0.2) is 18.1 Å². The molecule has 24 heavy (non-hydrogen) atoms. The highest BCUT2D eigenvalue weighted by Gasteiger charge is 2.27. The molecule has 1 amide bonds. The Morgan fingerprint density at radius 3 is 2.62 bits per heavy atom. The molecule has 0 saturated heterocycles. The molecule has 0 bridgehead atoms. The molecule has 1 aromatic carbocycles. The summed E-state index contributed by atoms with van der Waals surface area (Å²) in [5.41, 5.74) is 0.481. The number of esters is 1. The summed E-state index contributed by atoms with van der Waals surface area (Å²) in [6.07, 6.45) is -2.23. The van der Waals surface area contributed by atoms with Gasteiger partial charge in [0.05, 0.1) is 11.6 Å². The van der Waals surface area contributed by atoms with E-state index in [0.29, 0.717) is 10.0 Å². The summed E-state index contributed by atoms with van der Waals surface area (Å²) in [6, 6.07) is 2.94. The minimum atomic E-state index is -4.54. The first-order valence-corrected chi connectivity index (χ1v) is 7.16. The number of carbonyl (C=O) groups excluding carboxylic acids is 2. The molecule has 0 fully saturated rings. The molecular weight excluding hydrogens is 399 g/mol. The molecule has 0 spiro atoms. The molecule has 0 aliphatic heterocycles. The van der Waals surface area contributed by atoms with Crippen LogP contribution in [0.2, 0.25) is 0 Å². The van der Waals surface area contributed by atoms with Crippen LogP contribution in [0.4, 0.5) is 13.2 Å². The number of halogens is 4. The molecule has 0 atom stereocenters. The Hall–Kier alpha value is -2.23. The number of phenols is 1. The third-order valence-electron chi connectivity index (χ3n) is 2.51. The van der Waals surface area contributed by atoms with Crippen LogP contribution in [0.25, 0.3) is 6.08 Å². The molecule has 1 rings (SSSR count). The second kappa shape index (κ2) is 8.57. The van der Waals surface area contributed by atoms with Gasteiger partial charge in [-0.2, -0.15) is 13.2 Å². The van der Waals surface area contributed by atoms with Crippen molar-refractivity contribution in [2.45, 2.75) is 6.18 Å². The zero-order valence-corrected chi connectivity index (χ0v) is 13.9. The molecule has 0 heterocycles. The molecule has 0 saturated carbocycles. The minimum absolute atomic E-state index is 0.112. The Bertz CT molecular complexity index is 646. The van der Waals surface area contributed by atoms with Gasteiger partial charge in [0.2, 0.25) is 0 Å². The largest absolute Gasteiger partial charge is 0.503 e. The Kier molecular flexibility index (Phi) is 7.08. The molecule has 132 valence electrons. The molecule has 0 radical (unpaired) electrons. The van der Waals surface area contributed by atoms with Crippen molar-refractivity contribution >= 4 is 33.9 Å². The van der Waals surface area contributed by atoms with Crippen LogP contribution in [0.15, 0.2) is 22.7 Å². The molecule has 10 heteroatoms. The number of benzene rings is 1. The van der Waals surface area contributed by atoms with E-state index in [-0.39, 0.29) is 11.5 Å². The third-order valence-corrected chi connectivity index (χ3v) is 3.12. The molecular formula is C14H13BrF3NO5. The van der Waals surface area contributed by atoms with Crippen LogP contribution in [0, 0.1) is 0 Å². The van der Waals surface area contributed by atoms with Gasteiger partial charge in [-0.3, -0.25) is 4.79 Å². The number of hydrogen-bond donors (Lipinski definition) is 2. The zero-order chi connectivity index (χ0) is 18.3. The summed E-state index contributed by atoms with van der Waals surface area (Å²) >= 11 is 3.10. The van der Waals surface area contributed by atoms with Crippen LogP contribution in [0.5, 0.6) is 11.5 Å². The van der Waals surface area contributed by atoms with Crippen molar-refractivity contribution in [1.82, 2.24) is 5.32 Å². The maximum absolute atomic E-state index is 11.9. The van der Waals surface area contributed by atoms with Crippen LogP contribution in [-0.4, -0.2) is 43.4 Å². The predicted molar refractivity (Wildman–Crippen MR) is 81.4 cm³/mol. The van der Waals surface area contributed by atoms with E-state index in [0.717, 1.165) is 6.08 Å². The smallest absolute Gasteiger partial charge is 0.405 e. The number of ether oxygens (including phenoxy) is 2. The van der Waals surface area contributed by atoms with Gasteiger partial charge >= 0.3 is 12.1 Å². The molecule has 0 unspecified atom stereocenters. The first-order chi connectivity index (χ1) is 11.1. The van der Waals surface area contributed by atoms with E-state index in [2.05, 4.69) is 20.7 Å². The van der Waals surface area contributed by atoms with E-state index < -0.39 is 31.2 Å². The summed E-state index contributed by atoms with van der Waals surface area (Å²) in [5, 5.41) is 11.2. The average molecular weight is 412 g/mol. The van der Waals surface area contributed by atoms with E-state index >= 15 is 0 Å². The van der Waals surface area contributed by atoms with Gasteiger partial charge in [0, 0.05) is 6.08 Å². The van der Waals surface area contributed by atoms with Crippen LogP contribution in [-0.2, 0) is 14.3 Å². The maximum Gasteiger partial charge on any atom is 0.405 e. The number of aromatic hydroxyl groups is 1. The lowest BCUT2D eigenvalue weighted by Crippen LogP contribution is -2.36. The van der Waals surface area contributed by atoms with Gasteiger partial charge in [0.1, 0.15) is 6.54 Å². The fourth-order valence-electron chi connectivity index (χ4n) is 1.44. The molecule has 6 nitrogen and oxygen atoms in total. The minimum Gasteiger partial charge on any atom is -0.503 e. The number of alkyl halides is 3. The highest BCUT2D eigenvalue weighted by molar-refractivity contribution is 9.10. The molecule has 1 aromatic rings. The van der Waals surface area contributed by atoms with Crippen molar-refractivity contribution in [3.63, 3.8) is 0 Å². The van der Waals surface area contributed by atoms with Crippen molar-refractivity contribution < 1.29 is 37.3 Å². The lowest BCUT2D eigenvalue weighted by atomic mass is 10.2. The topological polar surface area (TPSA) is 84.9 Å². The first-order valence-electron chi connectivity index (χ1n) is 6.37. The lowest BCUT2D eigenvalue weighted by molar-refractivity contribution is -0.148. The average Bonchev–Trinajstić information content (AvgIpc) is 2.51. The van der Waals surface area contributed by atoms with Gasteiger partial charge in [-0.25, -0.2) is 4.79 Å². The Labute approximate surface area is 143 Å². The monoisotopic (exact) mass is 411 g/mol. The SMILES string of the molecule is COc1cc(/C=C/C(=O)OCC(=O)NCC(F)(F)F)cc(Br)c1O. The van der Waals surface area contributed by atoms with Crippen LogP contribution in [0.3, 0.4) is 0 Å². The fraction of sp³-hybridized carbons (Fsp3) is 0.286. The van der Waals surface area contributed by atoms with Gasteiger partial charge in [-0.1, -0.05) is 0 Å². The molecule has 0 aliphatic rings. The number of phenolic OH excluding ortho intramolecular Hbond substituents is 1. The number of methoxy groups -OCH3 is 1. The summed E-state index contributed by atoms with van der Waals surface area (Å²) in [5.74, 6) is -1.93. The van der Waals surface area contributed by atoms with Crippen LogP contribution < -0.4 is 10.1 Å². The van der Waals surface area contributed by atoms with E-state index in [9.17, 15) is 27.9 Å². The van der Waals surface area contributed by atoms with Gasteiger partial charge in [0.25, 0.3) is 5.91 Å². The molecule has 0 aliphatic carbocycles. The predicted octanol–water partition coefficient (Wildman–Crippen LogP) is 2.40. The van der Waals surface area contributed by atoms with Crippen molar-refractivity contribution in [2.75, 3.05) is 20.3 Å². The zero-order valence-electron chi connectivity index (χ0n) is 12.3. The highest BCUT2D eigenvalue weighted by Crippen LogP contribution is 2.35. The lowest BCUT2D eigenvalue weighted by Gasteiger charge is -2.08. The van der Waals surface area contributed by atoms with Crippen molar-refractivity contribution in [3.8, 4) is 11.5 Å². The number of carbonyl (C=O) groups is 2. The van der Waals surface area contributed by atoms with Crippen molar-refractivity contribution in [3.05, 3.63) is 28.2 Å². The van der Waals surface area contributed by atoms with Gasteiger partial charge < -0.3 is 19.9 Å². The molecule has 0 aromatic heterocycles. The second-order valence-electron chi connectivity index (χ2n) is 4.39. The summed E-state index contributed by atoms with van der Waals surface area (Å²) in [4.78, 5) is 22.5. The normalized spacial score (nSPS) is 11.4. The van der Waals surface area contributed by atoms with E-state index in [1.807, 2.05) is 0 Å². The van der Waals surface area contributed by atoms with Crippen LogP contribution >= 0.6 is 15.9 Å². The highest BCUT2D eigenvalue weighted by atomic mass is 79.9. The van der Waals surface area contributed by atoms with E-state index in [1.165, 1.54) is 25.3 Å². The quantitative estimate of drug-likeness (QED) is 0.554. The summed E-state index contributed by atoms with van der Waals surface area (Å²) < 4.78 is 45.4. The number of amides is 1. The van der Waals surface area contributed by atoms with Crippen LogP contribution in [0.1, 0.15) is 5.56 Å². The van der Waals surface area contributed by atoms with Crippen molar-refractivity contribution in [1.29, 1.82) is 0 Å². The summed E-state index contributed by atoms with van der Waals surface area (Å²) in [7, 11) is 1.35. The molecule has 2 N–H and O–H groups in total. The van der Waals surface area contributed by atoms with E-state index in [1.54, 1.807) is 5.32 Å². The Morgan fingerprint density at radius 2 is 2.04 bits per heavy atom. The number of hydrogen-bond acceptors (Lipinski definition) is 5. The van der Waals surface area contributed by atoms with Gasteiger partial charge in [-0.05, 0) is 39.7 Å². The first kappa shape index (κ1) is 19.8. The maximum atomic E-state index is 11.9. The Morgan fingerprint density at radius 1 is 1.38 bits per heavy atom. The summed E-state index contributed by atoms with van der Waals surface area (Å²) in [6.45, 7) is -2.33. The fourth-order valence-corrected chi connectivity index (χ4v) is 1.90. The number of rotatable bonds is 6. The van der Waals surface area contributed by atoms with E-state index in [4.69, 9.17) is 4.74 Å². The third kappa shape index (κ3) is 6.90. The Balaban J connectivity index is 2.55. The number of nitrogens with one attached hydrogen (secondary N) is 1. The van der Waals surface area contributed by atoms with Crippen molar-refractivity contribution in [2.24, 2.45) is 0 Å². The van der Waals surface area contributed by atoms with Gasteiger partial charge in [-0.15, -0.1) is 0 Å².